The predicted octanol–water partition coefficient (Wildman–Crippen LogP) is 1.30. The number of nitrogens with one attached hydrogen (secondary N) is 1. The van der Waals surface area contributed by atoms with Gasteiger partial charge in [-0.05, 0) is 13.8 Å². The van der Waals surface area contributed by atoms with Gasteiger partial charge in [0.1, 0.15) is 5.82 Å². The molecule has 2 rings (SSSR count). The molecule has 1 fully saturated rings. The number of H-pyrrole nitrogens is 1. The van der Waals surface area contributed by atoms with Gasteiger partial charge in [-0.15, -0.1) is 5.10 Å². The van der Waals surface area contributed by atoms with Gasteiger partial charge in [0.15, 0.2) is 0 Å². The summed E-state index contributed by atoms with van der Waals surface area (Å²) in [6.45, 7) is 3.39. The molecule has 0 bridgehead atoms. The molecule has 124 valence electrons. The molecule has 1 amide bonds. The number of aromatic nitrogens is 3. The lowest BCUT2D eigenvalue weighted by molar-refractivity contribution is -0.157. The van der Waals surface area contributed by atoms with Crippen LogP contribution in [0.25, 0.3) is 0 Å². The Labute approximate surface area is 130 Å². The minimum atomic E-state index is -4.21. The fourth-order valence-electron chi connectivity index (χ4n) is 2.29. The van der Waals surface area contributed by atoms with Crippen LogP contribution in [0, 0.1) is 6.92 Å². The molecule has 22 heavy (non-hydrogen) atoms. The number of carbonyl (C=O) groups is 1. The Morgan fingerprint density at radius 3 is 2.73 bits per heavy atom. The third-order valence-electron chi connectivity index (χ3n) is 3.40. The van der Waals surface area contributed by atoms with Crippen LogP contribution >= 0.6 is 11.8 Å². The van der Waals surface area contributed by atoms with Crippen molar-refractivity contribution in [2.45, 2.75) is 31.2 Å². The monoisotopic (exact) mass is 337 g/mol. The Balaban J connectivity index is 1.80. The summed E-state index contributed by atoms with van der Waals surface area (Å²) >= 11 is 1.22. The highest BCUT2D eigenvalue weighted by Gasteiger charge is 2.35. The molecule has 0 radical (unpaired) electrons. The first-order chi connectivity index (χ1) is 10.2. The molecule has 6 nitrogen and oxygen atoms in total. The standard InChI is InChI=1S/C12H18F3N5OS/c1-8-5-19(3-4-20(8)7-12(13,14)15)10(21)6-22-11-16-9(2)17-18-11/h8H,3-7H2,1-2H3,(H,16,17,18). The number of nitrogens with zero attached hydrogens (tertiary/aromatic N) is 4. The maximum absolute atomic E-state index is 12.4. The van der Waals surface area contributed by atoms with E-state index in [1.54, 1.807) is 18.7 Å². The maximum Gasteiger partial charge on any atom is 0.401 e. The molecule has 1 aliphatic rings. The van der Waals surface area contributed by atoms with Gasteiger partial charge in [0.25, 0.3) is 0 Å². The molecule has 1 aliphatic heterocycles. The summed E-state index contributed by atoms with van der Waals surface area (Å²) in [7, 11) is 0. The lowest BCUT2D eigenvalue weighted by Gasteiger charge is -2.40. The van der Waals surface area contributed by atoms with E-state index in [2.05, 4.69) is 15.2 Å². The summed E-state index contributed by atoms with van der Waals surface area (Å²) in [5, 5.41) is 7.10. The van der Waals surface area contributed by atoms with Crippen LogP contribution in [-0.2, 0) is 4.79 Å². The first-order valence-electron chi connectivity index (χ1n) is 6.85. The number of hydrogen-bond donors (Lipinski definition) is 1. The second-order valence-corrected chi connectivity index (χ2v) is 6.21. The molecule has 0 spiro atoms. The van der Waals surface area contributed by atoms with Crippen molar-refractivity contribution in [3.8, 4) is 0 Å². The number of alkyl halides is 3. The van der Waals surface area contributed by atoms with E-state index >= 15 is 0 Å². The number of hydrogen-bond acceptors (Lipinski definition) is 5. The van der Waals surface area contributed by atoms with Crippen LogP contribution in [0.1, 0.15) is 12.7 Å². The molecule has 1 aromatic heterocycles. The predicted molar refractivity (Wildman–Crippen MR) is 75.5 cm³/mol. The van der Waals surface area contributed by atoms with Gasteiger partial charge < -0.3 is 4.90 Å². The molecule has 1 aromatic rings. The van der Waals surface area contributed by atoms with E-state index in [-0.39, 0.29) is 24.2 Å². The molecular formula is C12H18F3N5OS. The second-order valence-electron chi connectivity index (χ2n) is 5.27. The number of thioether (sulfide) groups is 1. The van der Waals surface area contributed by atoms with E-state index in [0.717, 1.165) is 0 Å². The van der Waals surface area contributed by atoms with Crippen molar-refractivity contribution in [1.29, 1.82) is 0 Å². The third kappa shape index (κ3) is 4.87. The molecule has 1 atom stereocenters. The van der Waals surface area contributed by atoms with Gasteiger partial charge in [0, 0.05) is 25.7 Å². The Bertz CT molecular complexity index is 521. The van der Waals surface area contributed by atoms with Crippen molar-refractivity contribution in [3.05, 3.63) is 5.82 Å². The van der Waals surface area contributed by atoms with E-state index in [1.165, 1.54) is 16.7 Å². The largest absolute Gasteiger partial charge is 0.401 e. The van der Waals surface area contributed by atoms with E-state index < -0.39 is 12.7 Å². The van der Waals surface area contributed by atoms with E-state index in [1.807, 2.05) is 0 Å². The van der Waals surface area contributed by atoms with Crippen LogP contribution in [0.4, 0.5) is 13.2 Å². The average Bonchev–Trinajstić information content (AvgIpc) is 2.83. The van der Waals surface area contributed by atoms with Gasteiger partial charge in [-0.3, -0.25) is 14.8 Å². The Hall–Kier alpha value is -1.29. The van der Waals surface area contributed by atoms with Crippen LogP contribution in [0.15, 0.2) is 5.16 Å². The number of carbonyl (C=O) groups excluding carboxylic acids is 1. The molecule has 10 heteroatoms. The highest BCUT2D eigenvalue weighted by molar-refractivity contribution is 7.99. The zero-order chi connectivity index (χ0) is 16.3. The van der Waals surface area contributed by atoms with Crippen molar-refractivity contribution in [2.24, 2.45) is 0 Å². The van der Waals surface area contributed by atoms with Gasteiger partial charge in [-0.2, -0.15) is 13.2 Å². The third-order valence-corrected chi connectivity index (χ3v) is 4.23. The smallest absolute Gasteiger partial charge is 0.339 e. The molecule has 0 aliphatic carbocycles. The normalized spacial score (nSPS) is 20.4. The molecule has 1 saturated heterocycles. The van der Waals surface area contributed by atoms with E-state index in [9.17, 15) is 18.0 Å². The Morgan fingerprint density at radius 1 is 1.45 bits per heavy atom. The number of aryl methyl sites for hydroxylation is 1. The van der Waals surface area contributed by atoms with Crippen LogP contribution in [0.3, 0.4) is 0 Å². The summed E-state index contributed by atoms with van der Waals surface area (Å²) in [4.78, 5) is 19.2. The fourth-order valence-corrected chi connectivity index (χ4v) is 3.04. The fraction of sp³-hybridized carbons (Fsp3) is 0.750. The van der Waals surface area contributed by atoms with Crippen molar-refractivity contribution in [1.82, 2.24) is 25.0 Å². The minimum absolute atomic E-state index is 0.106. The van der Waals surface area contributed by atoms with Crippen molar-refractivity contribution in [2.75, 3.05) is 31.9 Å². The summed E-state index contributed by atoms with van der Waals surface area (Å²) in [6.07, 6.45) is -4.21. The molecule has 2 heterocycles. The van der Waals surface area contributed by atoms with Gasteiger partial charge in [0.05, 0.1) is 12.3 Å². The number of piperazine rings is 1. The summed E-state index contributed by atoms with van der Waals surface area (Å²) in [6, 6.07) is -0.310. The molecule has 0 aromatic carbocycles. The molecule has 0 saturated carbocycles. The first kappa shape index (κ1) is 17.1. The van der Waals surface area contributed by atoms with Crippen molar-refractivity contribution < 1.29 is 18.0 Å². The Kier molecular flexibility index (Phi) is 5.32. The molecular weight excluding hydrogens is 319 g/mol. The highest BCUT2D eigenvalue weighted by atomic mass is 32.2. The number of rotatable bonds is 4. The molecule has 1 N–H and O–H groups in total. The van der Waals surface area contributed by atoms with Gasteiger partial charge in [0.2, 0.25) is 11.1 Å². The quantitative estimate of drug-likeness (QED) is 0.839. The second kappa shape index (κ2) is 6.86. The first-order valence-corrected chi connectivity index (χ1v) is 7.83. The number of amides is 1. The van der Waals surface area contributed by atoms with Crippen LogP contribution in [0.5, 0.6) is 0 Å². The van der Waals surface area contributed by atoms with Gasteiger partial charge in [-0.25, -0.2) is 4.98 Å². The SMILES string of the molecule is Cc1nc(SCC(=O)N2CCN(CC(F)(F)F)C(C)C2)n[nH]1. The van der Waals surface area contributed by atoms with Crippen molar-refractivity contribution >= 4 is 17.7 Å². The highest BCUT2D eigenvalue weighted by Crippen LogP contribution is 2.21. The van der Waals surface area contributed by atoms with E-state index in [4.69, 9.17) is 0 Å². The maximum atomic E-state index is 12.4. The van der Waals surface area contributed by atoms with Crippen LogP contribution in [0.2, 0.25) is 0 Å². The number of aromatic amines is 1. The number of halogens is 3. The average molecular weight is 337 g/mol. The van der Waals surface area contributed by atoms with Gasteiger partial charge >= 0.3 is 6.18 Å². The summed E-state index contributed by atoms with van der Waals surface area (Å²) in [5.41, 5.74) is 0. The van der Waals surface area contributed by atoms with E-state index in [0.29, 0.717) is 24.1 Å². The minimum Gasteiger partial charge on any atom is -0.339 e. The van der Waals surface area contributed by atoms with Gasteiger partial charge in [-0.1, -0.05) is 11.8 Å². The zero-order valence-corrected chi connectivity index (χ0v) is 13.2. The topological polar surface area (TPSA) is 65.1 Å². The van der Waals surface area contributed by atoms with Crippen molar-refractivity contribution in [3.63, 3.8) is 0 Å². The lowest BCUT2D eigenvalue weighted by atomic mass is 10.2. The zero-order valence-electron chi connectivity index (χ0n) is 12.4. The van der Waals surface area contributed by atoms with Crippen LogP contribution < -0.4 is 0 Å². The Morgan fingerprint density at radius 2 is 2.18 bits per heavy atom. The lowest BCUT2D eigenvalue weighted by Crippen LogP contribution is -2.55. The van der Waals surface area contributed by atoms with Crippen LogP contribution in [-0.4, -0.2) is 75.0 Å². The molecule has 1 unspecified atom stereocenters. The summed E-state index contributed by atoms with van der Waals surface area (Å²) < 4.78 is 37.3. The summed E-state index contributed by atoms with van der Waals surface area (Å²) in [5.74, 6) is 0.749.